The van der Waals surface area contributed by atoms with Crippen molar-refractivity contribution in [3.05, 3.63) is 65.0 Å². The van der Waals surface area contributed by atoms with Crippen LogP contribution in [0.4, 0.5) is 10.5 Å². The fraction of sp³-hybridized carbons (Fsp3) is 0.167. The Hall–Kier alpha value is -2.86. The second kappa shape index (κ2) is 7.36. The largest absolute Gasteiger partial charge is 0.337 e. The molecule has 2 aromatic carbocycles. The minimum Gasteiger partial charge on any atom is -0.337 e. The van der Waals surface area contributed by atoms with Gasteiger partial charge < -0.3 is 14.7 Å². The van der Waals surface area contributed by atoms with E-state index in [1.54, 1.807) is 19.2 Å². The summed E-state index contributed by atoms with van der Waals surface area (Å²) < 4.78 is 5.23. The molecule has 25 heavy (non-hydrogen) atoms. The first-order valence-electron chi connectivity index (χ1n) is 7.69. The molecule has 6 nitrogen and oxygen atoms in total. The number of amides is 2. The summed E-state index contributed by atoms with van der Waals surface area (Å²) in [4.78, 5) is 18.1. The number of hydrogen-bond acceptors (Lipinski definition) is 4. The molecule has 0 radical (unpaired) electrons. The number of nitrogens with zero attached hydrogens (tertiary/aromatic N) is 3. The summed E-state index contributed by atoms with van der Waals surface area (Å²) in [5, 5.41) is 7.44. The van der Waals surface area contributed by atoms with Gasteiger partial charge in [-0.2, -0.15) is 4.98 Å². The lowest BCUT2D eigenvalue weighted by molar-refractivity contribution is 0.213. The number of carbonyl (C=O) groups excluding carboxylic acids is 1. The topological polar surface area (TPSA) is 71.3 Å². The second-order valence-corrected chi connectivity index (χ2v) is 6.06. The van der Waals surface area contributed by atoms with E-state index in [0.29, 0.717) is 16.7 Å². The van der Waals surface area contributed by atoms with Crippen LogP contribution in [0.2, 0.25) is 5.02 Å². The van der Waals surface area contributed by atoms with Crippen LogP contribution in [-0.4, -0.2) is 28.1 Å². The van der Waals surface area contributed by atoms with E-state index >= 15 is 0 Å². The molecule has 0 atom stereocenters. The van der Waals surface area contributed by atoms with E-state index in [-0.39, 0.29) is 12.6 Å². The highest BCUT2D eigenvalue weighted by molar-refractivity contribution is 6.30. The van der Waals surface area contributed by atoms with Gasteiger partial charge in [0.25, 0.3) is 0 Å². The number of hydrogen-bond donors (Lipinski definition) is 1. The normalized spacial score (nSPS) is 10.5. The van der Waals surface area contributed by atoms with E-state index in [0.717, 1.165) is 16.8 Å². The maximum absolute atomic E-state index is 12.3. The highest BCUT2D eigenvalue weighted by Crippen LogP contribution is 2.19. The van der Waals surface area contributed by atoms with Gasteiger partial charge in [0, 0.05) is 23.3 Å². The standard InChI is InChI=1S/C18H17ClN4O2/c1-12-5-3-4-6-15(12)20-18(24)23(2)11-16-21-17(22-25-16)13-7-9-14(19)10-8-13/h3-10H,11H2,1-2H3,(H,20,24). The maximum Gasteiger partial charge on any atom is 0.322 e. The summed E-state index contributed by atoms with van der Waals surface area (Å²) >= 11 is 5.87. The molecule has 0 aliphatic rings. The first kappa shape index (κ1) is 17.0. The fourth-order valence-electron chi connectivity index (χ4n) is 2.23. The predicted octanol–water partition coefficient (Wildman–Crippen LogP) is 4.36. The molecular weight excluding hydrogens is 340 g/mol. The van der Waals surface area contributed by atoms with Crippen molar-refractivity contribution in [1.29, 1.82) is 0 Å². The molecule has 1 heterocycles. The number of benzene rings is 2. The third-order valence-corrected chi connectivity index (χ3v) is 3.93. The molecule has 0 bridgehead atoms. The van der Waals surface area contributed by atoms with Crippen LogP contribution in [0.3, 0.4) is 0 Å². The Balaban J connectivity index is 1.65. The highest BCUT2D eigenvalue weighted by Gasteiger charge is 2.15. The average Bonchev–Trinajstić information content (AvgIpc) is 3.06. The smallest absolute Gasteiger partial charge is 0.322 e. The fourth-order valence-corrected chi connectivity index (χ4v) is 2.36. The Bertz CT molecular complexity index is 877. The number of carbonyl (C=O) groups is 1. The molecule has 1 aromatic heterocycles. The Morgan fingerprint density at radius 1 is 1.20 bits per heavy atom. The van der Waals surface area contributed by atoms with E-state index in [1.165, 1.54) is 4.90 Å². The second-order valence-electron chi connectivity index (χ2n) is 5.62. The van der Waals surface area contributed by atoms with Crippen LogP contribution in [0.15, 0.2) is 53.1 Å². The van der Waals surface area contributed by atoms with E-state index in [4.69, 9.17) is 16.1 Å². The molecule has 0 saturated carbocycles. The number of aryl methyl sites for hydroxylation is 1. The average molecular weight is 357 g/mol. The van der Waals surface area contributed by atoms with Gasteiger partial charge in [-0.05, 0) is 42.8 Å². The Morgan fingerprint density at radius 2 is 1.92 bits per heavy atom. The van der Waals surface area contributed by atoms with Gasteiger partial charge in [0.15, 0.2) is 0 Å². The van der Waals surface area contributed by atoms with Gasteiger partial charge in [0.2, 0.25) is 11.7 Å². The maximum atomic E-state index is 12.3. The zero-order valence-electron chi connectivity index (χ0n) is 13.9. The number of nitrogens with one attached hydrogen (secondary N) is 1. The molecule has 2 amide bonds. The van der Waals surface area contributed by atoms with Crippen LogP contribution >= 0.6 is 11.6 Å². The van der Waals surface area contributed by atoms with Crippen LogP contribution in [0.5, 0.6) is 0 Å². The van der Waals surface area contributed by atoms with Crippen LogP contribution < -0.4 is 5.32 Å². The molecule has 0 aliphatic heterocycles. The lowest BCUT2D eigenvalue weighted by Gasteiger charge is -2.16. The number of aromatic nitrogens is 2. The highest BCUT2D eigenvalue weighted by atomic mass is 35.5. The van der Waals surface area contributed by atoms with Crippen molar-refractivity contribution in [2.75, 3.05) is 12.4 Å². The monoisotopic (exact) mass is 356 g/mol. The molecular formula is C18H17ClN4O2. The lowest BCUT2D eigenvalue weighted by Crippen LogP contribution is -2.31. The van der Waals surface area contributed by atoms with Crippen molar-refractivity contribution in [1.82, 2.24) is 15.0 Å². The van der Waals surface area contributed by atoms with Gasteiger partial charge in [-0.3, -0.25) is 0 Å². The van der Waals surface area contributed by atoms with Crippen molar-refractivity contribution in [3.63, 3.8) is 0 Å². The van der Waals surface area contributed by atoms with E-state index < -0.39 is 0 Å². The summed E-state index contributed by atoms with van der Waals surface area (Å²) in [5.74, 6) is 0.812. The third kappa shape index (κ3) is 4.16. The third-order valence-electron chi connectivity index (χ3n) is 3.68. The summed E-state index contributed by atoms with van der Waals surface area (Å²) in [6, 6.07) is 14.5. The Kier molecular flexibility index (Phi) is 5.00. The molecule has 7 heteroatoms. The van der Waals surface area contributed by atoms with Crippen molar-refractivity contribution >= 4 is 23.3 Å². The molecule has 0 unspecified atom stereocenters. The summed E-state index contributed by atoms with van der Waals surface area (Å²) in [7, 11) is 1.67. The van der Waals surface area contributed by atoms with Gasteiger partial charge in [0.1, 0.15) is 6.54 Å². The van der Waals surface area contributed by atoms with Gasteiger partial charge in [-0.25, -0.2) is 4.79 Å². The van der Waals surface area contributed by atoms with Crippen LogP contribution in [-0.2, 0) is 6.54 Å². The van der Waals surface area contributed by atoms with E-state index in [2.05, 4.69) is 15.5 Å². The molecule has 1 N–H and O–H groups in total. The number of rotatable bonds is 4. The molecule has 3 aromatic rings. The Labute approximate surface area is 150 Å². The molecule has 0 aliphatic carbocycles. The summed E-state index contributed by atoms with van der Waals surface area (Å²) in [6.45, 7) is 2.14. The zero-order valence-corrected chi connectivity index (χ0v) is 14.6. The van der Waals surface area contributed by atoms with E-state index in [9.17, 15) is 4.79 Å². The lowest BCUT2D eigenvalue weighted by atomic mass is 10.2. The van der Waals surface area contributed by atoms with Crippen LogP contribution in [0.25, 0.3) is 11.4 Å². The van der Waals surface area contributed by atoms with Crippen molar-refractivity contribution in [3.8, 4) is 11.4 Å². The van der Waals surface area contributed by atoms with Gasteiger partial charge in [-0.15, -0.1) is 0 Å². The molecule has 0 saturated heterocycles. The van der Waals surface area contributed by atoms with Crippen LogP contribution in [0, 0.1) is 6.92 Å². The molecule has 128 valence electrons. The summed E-state index contributed by atoms with van der Waals surface area (Å²) in [6.07, 6.45) is 0. The van der Waals surface area contributed by atoms with E-state index in [1.807, 2.05) is 43.3 Å². The van der Waals surface area contributed by atoms with Crippen molar-refractivity contribution in [2.24, 2.45) is 0 Å². The minimum atomic E-state index is -0.249. The first-order valence-corrected chi connectivity index (χ1v) is 8.07. The molecule has 0 fully saturated rings. The number of para-hydroxylation sites is 1. The summed E-state index contributed by atoms with van der Waals surface area (Å²) in [5.41, 5.74) is 2.56. The van der Waals surface area contributed by atoms with Gasteiger partial charge in [-0.1, -0.05) is 35.0 Å². The number of anilines is 1. The number of halogens is 1. The SMILES string of the molecule is Cc1ccccc1NC(=O)N(C)Cc1nc(-c2ccc(Cl)cc2)no1. The zero-order chi connectivity index (χ0) is 17.8. The molecule has 3 rings (SSSR count). The van der Waals surface area contributed by atoms with Crippen molar-refractivity contribution < 1.29 is 9.32 Å². The van der Waals surface area contributed by atoms with Crippen molar-refractivity contribution in [2.45, 2.75) is 13.5 Å². The predicted molar refractivity (Wildman–Crippen MR) is 96.4 cm³/mol. The minimum absolute atomic E-state index is 0.207. The van der Waals surface area contributed by atoms with Gasteiger partial charge in [0.05, 0.1) is 0 Å². The van der Waals surface area contributed by atoms with Crippen LogP contribution in [0.1, 0.15) is 11.5 Å². The Morgan fingerprint density at radius 3 is 2.64 bits per heavy atom. The molecule has 0 spiro atoms. The van der Waals surface area contributed by atoms with Gasteiger partial charge >= 0.3 is 6.03 Å². The number of urea groups is 1. The quantitative estimate of drug-likeness (QED) is 0.753. The first-order chi connectivity index (χ1) is 12.0.